The predicted molar refractivity (Wildman–Crippen MR) is 153 cm³/mol. The fraction of sp³-hybridized carbons (Fsp3) is 0.148. The van der Waals surface area contributed by atoms with Crippen LogP contribution in [0.15, 0.2) is 54.6 Å². The van der Waals surface area contributed by atoms with E-state index in [2.05, 4.69) is 10.3 Å². The van der Waals surface area contributed by atoms with Crippen molar-refractivity contribution in [2.75, 3.05) is 16.8 Å². The van der Waals surface area contributed by atoms with Gasteiger partial charge < -0.3 is 15.4 Å². The van der Waals surface area contributed by atoms with Gasteiger partial charge in [-0.25, -0.2) is 4.79 Å². The zero-order valence-corrected chi connectivity index (χ0v) is 23.5. The number of H-pyrrole nitrogens is 1. The number of carbonyl (C=O) groups excluding carboxylic acids is 3. The van der Waals surface area contributed by atoms with E-state index in [1.807, 2.05) is 0 Å². The second-order valence-corrected chi connectivity index (χ2v) is 11.3. The molecule has 9 nitrogen and oxygen atoms in total. The average Bonchev–Trinajstić information content (AvgIpc) is 3.41. The van der Waals surface area contributed by atoms with E-state index in [-0.39, 0.29) is 29.9 Å². The number of thiazole rings is 1. The number of nitrogens with one attached hydrogen (secondary N) is 2. The quantitative estimate of drug-likeness (QED) is 0.150. The van der Waals surface area contributed by atoms with Gasteiger partial charge in [-0.3, -0.25) is 24.2 Å². The summed E-state index contributed by atoms with van der Waals surface area (Å²) in [5, 5.41) is 10.9. The fourth-order valence-electron chi connectivity index (χ4n) is 4.42. The lowest BCUT2D eigenvalue weighted by Gasteiger charge is -2.24. The van der Waals surface area contributed by atoms with Crippen molar-refractivity contribution in [1.82, 2.24) is 9.88 Å². The van der Waals surface area contributed by atoms with Gasteiger partial charge in [-0.1, -0.05) is 17.7 Å². The van der Waals surface area contributed by atoms with Crippen molar-refractivity contribution in [3.63, 3.8) is 0 Å². The van der Waals surface area contributed by atoms with Crippen molar-refractivity contribution >= 4 is 80.6 Å². The molecule has 0 saturated carbocycles. The molecule has 0 bridgehead atoms. The van der Waals surface area contributed by atoms with Gasteiger partial charge >= 0.3 is 18.2 Å². The van der Waals surface area contributed by atoms with Gasteiger partial charge in [0.2, 0.25) is 0 Å². The highest BCUT2D eigenvalue weighted by Gasteiger charge is 2.36. The molecule has 2 heterocycles. The highest BCUT2D eigenvalue weighted by Crippen LogP contribution is 2.36. The standard InChI is InChI=1S/C27H18ClF3N4O5S2/c28-19-5-2-14(10-18(19)27(29,30)31)32-25(40)35(15-3-6-20-21(11-15)42-26(41)33-20)12-13-1-4-16-17(9-13)24(39)34(23(16)38)8-7-22(36)37/h1-6,9-11H,7-8,12H2,(H,32,40)(H,33,41)(H,36,37). The predicted octanol–water partition coefficient (Wildman–Crippen LogP) is 6.94. The van der Waals surface area contributed by atoms with Gasteiger partial charge in [0.25, 0.3) is 11.8 Å². The molecular weight excluding hydrogens is 617 g/mol. The van der Waals surface area contributed by atoms with E-state index in [0.717, 1.165) is 27.2 Å². The molecule has 42 heavy (non-hydrogen) atoms. The molecule has 3 aromatic carbocycles. The number of aliphatic carboxylic acids is 1. The van der Waals surface area contributed by atoms with Crippen molar-refractivity contribution < 1.29 is 37.5 Å². The first kappa shape index (κ1) is 29.2. The van der Waals surface area contributed by atoms with Crippen LogP contribution in [-0.4, -0.2) is 45.3 Å². The van der Waals surface area contributed by atoms with Gasteiger partial charge in [-0.05, 0) is 66.3 Å². The Labute approximate surface area is 249 Å². The van der Waals surface area contributed by atoms with Crippen molar-refractivity contribution in [3.05, 3.63) is 85.8 Å². The summed E-state index contributed by atoms with van der Waals surface area (Å²) >= 11 is 12.2. The number of hydrogen-bond donors (Lipinski definition) is 3. The van der Waals surface area contributed by atoms with Crippen LogP contribution in [0.3, 0.4) is 0 Å². The maximum absolute atomic E-state index is 13.5. The Morgan fingerprint density at radius 2 is 1.79 bits per heavy atom. The number of hydrogen-bond acceptors (Lipinski definition) is 6. The number of carboxylic acid groups (broad SMARTS) is 1. The Bertz CT molecular complexity index is 1840. The van der Waals surface area contributed by atoms with Gasteiger partial charge in [0.05, 0.1) is 44.9 Å². The molecule has 0 radical (unpaired) electrons. The molecule has 1 aliphatic rings. The normalized spacial score (nSPS) is 13.0. The third kappa shape index (κ3) is 5.86. The number of aromatic nitrogens is 1. The van der Waals surface area contributed by atoms with Gasteiger partial charge in [-0.15, -0.1) is 11.3 Å². The number of aromatic amines is 1. The Hall–Kier alpha value is -4.27. The molecule has 0 saturated heterocycles. The third-order valence-corrected chi connectivity index (χ3v) is 7.94. The van der Waals surface area contributed by atoms with E-state index < -0.39 is 47.0 Å². The van der Waals surface area contributed by atoms with Crippen molar-refractivity contribution in [1.29, 1.82) is 0 Å². The van der Waals surface area contributed by atoms with Crippen LogP contribution in [-0.2, 0) is 17.5 Å². The molecule has 0 fully saturated rings. The van der Waals surface area contributed by atoms with Gasteiger partial charge in [0, 0.05) is 17.9 Å². The second kappa shape index (κ2) is 11.2. The minimum atomic E-state index is -4.74. The summed E-state index contributed by atoms with van der Waals surface area (Å²) in [6.07, 6.45) is -5.16. The van der Waals surface area contributed by atoms with E-state index in [1.165, 1.54) is 40.5 Å². The number of fused-ring (bicyclic) bond motifs is 2. The van der Waals surface area contributed by atoms with Crippen LogP contribution in [0.2, 0.25) is 5.02 Å². The number of halogens is 4. The van der Waals surface area contributed by atoms with E-state index in [4.69, 9.17) is 28.9 Å². The minimum absolute atomic E-state index is 0.0508. The molecular formula is C27H18ClF3N4O5S2. The number of urea groups is 1. The summed E-state index contributed by atoms with van der Waals surface area (Å²) in [6, 6.07) is 11.6. The number of amides is 4. The Balaban J connectivity index is 1.48. The smallest absolute Gasteiger partial charge is 0.417 e. The summed E-state index contributed by atoms with van der Waals surface area (Å²) in [5.41, 5.74) is 0.416. The number of anilines is 2. The van der Waals surface area contributed by atoms with Crippen LogP contribution in [0, 0.1) is 3.95 Å². The van der Waals surface area contributed by atoms with Crippen molar-refractivity contribution in [2.45, 2.75) is 19.1 Å². The van der Waals surface area contributed by atoms with Gasteiger partial charge in [-0.2, -0.15) is 13.2 Å². The number of imide groups is 1. The molecule has 0 spiro atoms. The van der Waals surface area contributed by atoms with Crippen molar-refractivity contribution in [2.24, 2.45) is 0 Å². The lowest BCUT2D eigenvalue weighted by molar-refractivity contribution is -0.138. The third-order valence-electron chi connectivity index (χ3n) is 6.41. The van der Waals surface area contributed by atoms with E-state index in [1.54, 1.807) is 18.2 Å². The van der Waals surface area contributed by atoms with Crippen LogP contribution in [0.25, 0.3) is 10.2 Å². The first-order chi connectivity index (χ1) is 19.8. The number of rotatable bonds is 7. The Morgan fingerprint density at radius 1 is 1.05 bits per heavy atom. The zero-order chi connectivity index (χ0) is 30.3. The molecule has 4 aromatic rings. The number of benzene rings is 3. The van der Waals surface area contributed by atoms with E-state index >= 15 is 0 Å². The molecule has 1 aromatic heterocycles. The van der Waals surface area contributed by atoms with Crippen LogP contribution in [0.4, 0.5) is 29.3 Å². The average molecular weight is 635 g/mol. The number of alkyl halides is 3. The van der Waals surface area contributed by atoms with E-state index in [0.29, 0.717) is 15.2 Å². The van der Waals surface area contributed by atoms with Crippen LogP contribution < -0.4 is 10.2 Å². The van der Waals surface area contributed by atoms with Crippen molar-refractivity contribution in [3.8, 4) is 0 Å². The summed E-state index contributed by atoms with van der Waals surface area (Å²) < 4.78 is 41.5. The highest BCUT2D eigenvalue weighted by molar-refractivity contribution is 7.73. The molecule has 4 amide bonds. The highest BCUT2D eigenvalue weighted by atomic mass is 35.5. The lowest BCUT2D eigenvalue weighted by atomic mass is 10.1. The molecule has 3 N–H and O–H groups in total. The molecule has 216 valence electrons. The van der Waals surface area contributed by atoms with Gasteiger partial charge in [0.15, 0.2) is 3.95 Å². The van der Waals surface area contributed by atoms with Crippen LogP contribution in [0.5, 0.6) is 0 Å². The maximum Gasteiger partial charge on any atom is 0.417 e. The number of nitrogens with zero attached hydrogens (tertiary/aromatic N) is 2. The van der Waals surface area contributed by atoms with Crippen LogP contribution >= 0.6 is 35.2 Å². The number of carbonyl (C=O) groups is 4. The maximum atomic E-state index is 13.5. The molecule has 15 heteroatoms. The summed E-state index contributed by atoms with van der Waals surface area (Å²) in [5.74, 6) is -2.46. The fourth-order valence-corrected chi connectivity index (χ4v) is 5.80. The van der Waals surface area contributed by atoms with Gasteiger partial charge in [0.1, 0.15) is 0 Å². The second-order valence-electron chi connectivity index (χ2n) is 9.19. The van der Waals surface area contributed by atoms with E-state index in [9.17, 15) is 32.3 Å². The summed E-state index contributed by atoms with van der Waals surface area (Å²) in [7, 11) is 0. The lowest BCUT2D eigenvalue weighted by Crippen LogP contribution is -2.34. The molecule has 0 aliphatic carbocycles. The SMILES string of the molecule is O=C(O)CCN1C(=O)c2ccc(CN(C(=O)Nc3ccc(Cl)c(C(F)(F)F)c3)c3ccc4[nH]c(=S)sc4c3)cc2C1=O. The molecule has 1 aliphatic heterocycles. The summed E-state index contributed by atoms with van der Waals surface area (Å²) in [4.78, 5) is 55.2. The topological polar surface area (TPSA) is 123 Å². The molecule has 0 unspecified atom stereocenters. The molecule has 5 rings (SSSR count). The minimum Gasteiger partial charge on any atom is -0.481 e. The molecule has 0 atom stereocenters. The zero-order valence-electron chi connectivity index (χ0n) is 21.1. The number of carboxylic acids is 1. The largest absolute Gasteiger partial charge is 0.481 e. The monoisotopic (exact) mass is 634 g/mol. The summed E-state index contributed by atoms with van der Waals surface area (Å²) in [6.45, 7) is -0.438. The first-order valence-corrected chi connectivity index (χ1v) is 13.7. The van der Waals surface area contributed by atoms with Crippen LogP contribution in [0.1, 0.15) is 38.3 Å². The Kier molecular flexibility index (Phi) is 7.79. The Morgan fingerprint density at radius 3 is 2.50 bits per heavy atom. The first-order valence-electron chi connectivity index (χ1n) is 12.1.